The summed E-state index contributed by atoms with van der Waals surface area (Å²) in [6, 6.07) is 3.42. The number of hydrogen-bond acceptors (Lipinski definition) is 3. The number of nitrogens with one attached hydrogen (secondary N) is 1. The first-order valence-corrected chi connectivity index (χ1v) is 4.87. The smallest absolute Gasteiger partial charge is 0.152 e. The number of aliphatic hydroxyl groups is 1. The highest BCUT2D eigenvalue weighted by Crippen LogP contribution is 2.21. The van der Waals surface area contributed by atoms with E-state index >= 15 is 0 Å². The van der Waals surface area contributed by atoms with Crippen molar-refractivity contribution in [1.82, 2.24) is 9.97 Å². The third-order valence-corrected chi connectivity index (χ3v) is 2.45. The molecule has 2 rings (SSSR count). The number of H-pyrrole nitrogens is 1. The zero-order valence-electron chi connectivity index (χ0n) is 8.40. The molecule has 1 unspecified atom stereocenters. The molecule has 0 radical (unpaired) electrons. The Morgan fingerprint density at radius 2 is 2.47 bits per heavy atom. The van der Waals surface area contributed by atoms with Gasteiger partial charge < -0.3 is 10.1 Å². The molecule has 0 amide bonds. The van der Waals surface area contributed by atoms with Gasteiger partial charge in [-0.25, -0.2) is 0 Å². The van der Waals surface area contributed by atoms with Crippen LogP contribution in [0, 0.1) is 0 Å². The second kappa shape index (κ2) is 3.82. The lowest BCUT2D eigenvalue weighted by molar-refractivity contribution is 0.112. The van der Waals surface area contributed by atoms with Gasteiger partial charge in [0.15, 0.2) is 6.29 Å². The average Bonchev–Trinajstić information content (AvgIpc) is 2.71. The first-order chi connectivity index (χ1) is 7.26. The highest BCUT2D eigenvalue weighted by Gasteiger charge is 2.10. The third kappa shape index (κ3) is 1.64. The molecular formula is C11H12N2O2. The third-order valence-electron chi connectivity index (χ3n) is 2.45. The normalized spacial score (nSPS) is 12.9. The maximum Gasteiger partial charge on any atom is 0.152 e. The van der Waals surface area contributed by atoms with Crippen molar-refractivity contribution in [3.63, 3.8) is 0 Å². The summed E-state index contributed by atoms with van der Waals surface area (Å²) >= 11 is 0. The van der Waals surface area contributed by atoms with Gasteiger partial charge in [0, 0.05) is 17.5 Å². The molecule has 0 fully saturated rings. The van der Waals surface area contributed by atoms with Crippen LogP contribution in [0.25, 0.3) is 11.0 Å². The molecule has 2 aromatic rings. The van der Waals surface area contributed by atoms with E-state index in [-0.39, 0.29) is 0 Å². The van der Waals surface area contributed by atoms with Crippen LogP contribution < -0.4 is 0 Å². The standard InChI is InChI=1S/C11H12N2O2/c1-2-10(15)8-5-9-11(13-8)7(6-14)3-4-12-9/h3-6,10,13,15H,2H2,1H3. The van der Waals surface area contributed by atoms with Crippen molar-refractivity contribution in [2.75, 3.05) is 0 Å². The van der Waals surface area contributed by atoms with Gasteiger partial charge in [-0.2, -0.15) is 0 Å². The van der Waals surface area contributed by atoms with Crippen molar-refractivity contribution in [1.29, 1.82) is 0 Å². The van der Waals surface area contributed by atoms with E-state index in [0.717, 1.165) is 6.29 Å². The quantitative estimate of drug-likeness (QED) is 0.749. The Morgan fingerprint density at radius 1 is 1.67 bits per heavy atom. The minimum atomic E-state index is -0.529. The molecule has 0 aliphatic heterocycles. The Labute approximate surface area is 87.0 Å². The minimum Gasteiger partial charge on any atom is -0.387 e. The Hall–Kier alpha value is -1.68. The van der Waals surface area contributed by atoms with Gasteiger partial charge in [-0.3, -0.25) is 9.78 Å². The van der Waals surface area contributed by atoms with Crippen molar-refractivity contribution < 1.29 is 9.90 Å². The van der Waals surface area contributed by atoms with Gasteiger partial charge in [0.25, 0.3) is 0 Å². The maximum absolute atomic E-state index is 10.8. The van der Waals surface area contributed by atoms with Crippen LogP contribution in [0.15, 0.2) is 18.3 Å². The molecule has 78 valence electrons. The molecule has 2 N–H and O–H groups in total. The summed E-state index contributed by atoms with van der Waals surface area (Å²) < 4.78 is 0. The number of aliphatic hydroxyl groups excluding tert-OH is 1. The van der Waals surface area contributed by atoms with Crippen LogP contribution >= 0.6 is 0 Å². The number of hydrogen-bond donors (Lipinski definition) is 2. The second-order valence-electron chi connectivity index (χ2n) is 3.43. The predicted molar refractivity (Wildman–Crippen MR) is 56.7 cm³/mol. The molecule has 0 aliphatic rings. The van der Waals surface area contributed by atoms with Crippen LogP contribution in [0.1, 0.15) is 35.5 Å². The molecule has 4 heteroatoms. The van der Waals surface area contributed by atoms with Crippen LogP contribution in [-0.2, 0) is 0 Å². The molecule has 2 aromatic heterocycles. The Balaban J connectivity index is 2.59. The van der Waals surface area contributed by atoms with E-state index < -0.39 is 6.10 Å². The van der Waals surface area contributed by atoms with Gasteiger partial charge in [0.05, 0.1) is 17.1 Å². The summed E-state index contributed by atoms with van der Waals surface area (Å²) in [4.78, 5) is 17.9. The number of rotatable bonds is 3. The summed E-state index contributed by atoms with van der Waals surface area (Å²) in [6.07, 6.45) is 2.46. The minimum absolute atomic E-state index is 0.529. The average molecular weight is 204 g/mol. The fourth-order valence-electron chi connectivity index (χ4n) is 1.56. The van der Waals surface area contributed by atoms with Gasteiger partial charge in [0.2, 0.25) is 0 Å². The van der Waals surface area contributed by atoms with Crippen molar-refractivity contribution in [3.05, 3.63) is 29.6 Å². The number of aromatic amines is 1. The fourth-order valence-corrected chi connectivity index (χ4v) is 1.56. The number of aldehydes is 1. The summed E-state index contributed by atoms with van der Waals surface area (Å²) in [7, 11) is 0. The van der Waals surface area contributed by atoms with Crippen LogP contribution in [0.2, 0.25) is 0 Å². The van der Waals surface area contributed by atoms with Crippen LogP contribution in [0.5, 0.6) is 0 Å². The molecule has 15 heavy (non-hydrogen) atoms. The maximum atomic E-state index is 10.8. The Morgan fingerprint density at radius 3 is 3.13 bits per heavy atom. The Bertz CT molecular complexity index is 490. The molecule has 0 spiro atoms. The lowest BCUT2D eigenvalue weighted by Gasteiger charge is -2.02. The lowest BCUT2D eigenvalue weighted by Crippen LogP contribution is -1.94. The van der Waals surface area contributed by atoms with Crippen LogP contribution in [-0.4, -0.2) is 21.4 Å². The monoisotopic (exact) mass is 204 g/mol. The molecular weight excluding hydrogens is 192 g/mol. The molecule has 0 saturated heterocycles. The zero-order chi connectivity index (χ0) is 10.8. The first-order valence-electron chi connectivity index (χ1n) is 4.87. The lowest BCUT2D eigenvalue weighted by atomic mass is 10.2. The van der Waals surface area contributed by atoms with Crippen LogP contribution in [0.4, 0.5) is 0 Å². The van der Waals surface area contributed by atoms with Gasteiger partial charge in [0.1, 0.15) is 0 Å². The largest absolute Gasteiger partial charge is 0.387 e. The van der Waals surface area contributed by atoms with Crippen molar-refractivity contribution in [2.45, 2.75) is 19.4 Å². The summed E-state index contributed by atoms with van der Waals surface area (Å²) in [5, 5.41) is 9.65. The molecule has 4 nitrogen and oxygen atoms in total. The molecule has 1 atom stereocenters. The first kappa shape index (κ1) is 9.86. The number of carbonyl (C=O) groups excluding carboxylic acids is 1. The predicted octanol–water partition coefficient (Wildman–Crippen LogP) is 1.82. The van der Waals surface area contributed by atoms with E-state index in [1.165, 1.54) is 0 Å². The second-order valence-corrected chi connectivity index (χ2v) is 3.43. The molecule has 2 heterocycles. The SMILES string of the molecule is CCC(O)c1cc2nccc(C=O)c2[nH]1. The van der Waals surface area contributed by atoms with E-state index in [0.29, 0.717) is 28.7 Å². The molecule has 0 aliphatic carbocycles. The molecule has 0 saturated carbocycles. The zero-order valence-corrected chi connectivity index (χ0v) is 8.40. The number of aromatic nitrogens is 2. The fraction of sp³-hybridized carbons (Fsp3) is 0.273. The van der Waals surface area contributed by atoms with Gasteiger partial charge in [-0.1, -0.05) is 6.92 Å². The van der Waals surface area contributed by atoms with E-state index in [2.05, 4.69) is 9.97 Å². The highest BCUT2D eigenvalue weighted by atomic mass is 16.3. The van der Waals surface area contributed by atoms with Gasteiger partial charge >= 0.3 is 0 Å². The number of nitrogens with zero attached hydrogens (tertiary/aromatic N) is 1. The Kier molecular flexibility index (Phi) is 2.51. The summed E-state index contributed by atoms with van der Waals surface area (Å²) in [5.74, 6) is 0. The topological polar surface area (TPSA) is 66.0 Å². The van der Waals surface area contributed by atoms with Gasteiger partial charge in [-0.15, -0.1) is 0 Å². The van der Waals surface area contributed by atoms with Crippen molar-refractivity contribution in [2.24, 2.45) is 0 Å². The van der Waals surface area contributed by atoms with Crippen molar-refractivity contribution in [3.8, 4) is 0 Å². The highest BCUT2D eigenvalue weighted by molar-refractivity contribution is 5.94. The molecule has 0 aromatic carbocycles. The van der Waals surface area contributed by atoms with E-state index in [1.807, 2.05) is 6.92 Å². The van der Waals surface area contributed by atoms with Crippen molar-refractivity contribution >= 4 is 17.3 Å². The number of carbonyl (C=O) groups is 1. The van der Waals surface area contributed by atoms with E-state index in [1.54, 1.807) is 18.3 Å². The van der Waals surface area contributed by atoms with Crippen LogP contribution in [0.3, 0.4) is 0 Å². The summed E-state index contributed by atoms with van der Waals surface area (Å²) in [5.41, 5.74) is 2.67. The van der Waals surface area contributed by atoms with E-state index in [4.69, 9.17) is 0 Å². The van der Waals surface area contributed by atoms with Gasteiger partial charge in [-0.05, 0) is 18.6 Å². The number of fused-ring (bicyclic) bond motifs is 1. The molecule has 0 bridgehead atoms. The summed E-state index contributed by atoms with van der Waals surface area (Å²) in [6.45, 7) is 1.89. The number of pyridine rings is 1. The van der Waals surface area contributed by atoms with E-state index in [9.17, 15) is 9.90 Å².